The second-order valence-electron chi connectivity index (χ2n) is 4.75. The van der Waals surface area contributed by atoms with Crippen LogP contribution in [0.3, 0.4) is 0 Å². The highest BCUT2D eigenvalue weighted by atomic mass is 32.2. The molecule has 0 saturated carbocycles. The third kappa shape index (κ3) is 8.06. The van der Waals surface area contributed by atoms with Gasteiger partial charge in [0.1, 0.15) is 0 Å². The fourth-order valence-electron chi connectivity index (χ4n) is 2.08. The van der Waals surface area contributed by atoms with Gasteiger partial charge in [-0.3, -0.25) is 0 Å². The first-order chi connectivity index (χ1) is 8.24. The van der Waals surface area contributed by atoms with E-state index in [0.29, 0.717) is 0 Å². The first-order valence-corrected chi connectivity index (χ1v) is 8.33. The molecular weight excluding hydrogens is 230 g/mol. The van der Waals surface area contributed by atoms with Crippen LogP contribution in [-0.4, -0.2) is 35.3 Å². The lowest BCUT2D eigenvalue weighted by Gasteiger charge is -2.31. The molecule has 0 radical (unpaired) electrons. The van der Waals surface area contributed by atoms with Crippen LogP contribution in [0.1, 0.15) is 59.3 Å². The van der Waals surface area contributed by atoms with Gasteiger partial charge in [0, 0.05) is 5.54 Å². The number of aliphatic hydroxyl groups excluding tert-OH is 1. The SMILES string of the molecule is CCCCCSCCCC(CC)(CO)NCC. The van der Waals surface area contributed by atoms with E-state index in [2.05, 4.69) is 37.8 Å². The third-order valence-electron chi connectivity index (χ3n) is 3.37. The quantitative estimate of drug-likeness (QED) is 0.528. The van der Waals surface area contributed by atoms with Gasteiger partial charge in [0.25, 0.3) is 0 Å². The van der Waals surface area contributed by atoms with Crippen molar-refractivity contribution >= 4 is 11.8 Å². The lowest BCUT2D eigenvalue weighted by Crippen LogP contribution is -2.48. The van der Waals surface area contributed by atoms with E-state index < -0.39 is 0 Å². The van der Waals surface area contributed by atoms with Gasteiger partial charge < -0.3 is 10.4 Å². The normalized spacial score (nSPS) is 14.8. The fourth-order valence-corrected chi connectivity index (χ4v) is 3.04. The highest BCUT2D eigenvalue weighted by Crippen LogP contribution is 2.19. The van der Waals surface area contributed by atoms with Crippen molar-refractivity contribution in [2.24, 2.45) is 0 Å². The van der Waals surface area contributed by atoms with E-state index in [-0.39, 0.29) is 12.1 Å². The van der Waals surface area contributed by atoms with Crippen LogP contribution in [-0.2, 0) is 0 Å². The largest absolute Gasteiger partial charge is 0.394 e. The zero-order chi connectivity index (χ0) is 13.0. The van der Waals surface area contributed by atoms with E-state index >= 15 is 0 Å². The van der Waals surface area contributed by atoms with Gasteiger partial charge >= 0.3 is 0 Å². The molecule has 0 aromatic rings. The Hall–Kier alpha value is 0.270. The number of aliphatic hydroxyl groups is 1. The summed E-state index contributed by atoms with van der Waals surface area (Å²) in [7, 11) is 0. The predicted molar refractivity (Wildman–Crippen MR) is 79.9 cm³/mol. The third-order valence-corrected chi connectivity index (χ3v) is 4.52. The molecule has 0 aliphatic rings. The average Bonchev–Trinajstić information content (AvgIpc) is 2.36. The molecule has 0 aromatic heterocycles. The molecule has 0 rings (SSSR count). The van der Waals surface area contributed by atoms with Crippen molar-refractivity contribution in [1.29, 1.82) is 0 Å². The summed E-state index contributed by atoms with van der Waals surface area (Å²) in [5, 5.41) is 13.0. The molecule has 0 amide bonds. The van der Waals surface area contributed by atoms with Crippen LogP contribution in [0.15, 0.2) is 0 Å². The molecule has 3 heteroatoms. The number of hydrogen-bond donors (Lipinski definition) is 2. The molecule has 0 spiro atoms. The standard InChI is InChI=1S/C14H31NOS/c1-4-7-8-11-17-12-9-10-14(5-2,13-16)15-6-3/h15-16H,4-13H2,1-3H3. The van der Waals surface area contributed by atoms with Crippen LogP contribution >= 0.6 is 11.8 Å². The molecule has 1 atom stereocenters. The van der Waals surface area contributed by atoms with Crippen molar-refractivity contribution in [2.75, 3.05) is 24.7 Å². The van der Waals surface area contributed by atoms with E-state index in [9.17, 15) is 5.11 Å². The summed E-state index contributed by atoms with van der Waals surface area (Å²) in [6.45, 7) is 7.72. The number of rotatable bonds is 12. The number of unbranched alkanes of at least 4 members (excludes halogenated alkanes) is 2. The van der Waals surface area contributed by atoms with Gasteiger partial charge in [0.15, 0.2) is 0 Å². The summed E-state index contributed by atoms with van der Waals surface area (Å²) in [6, 6.07) is 0. The van der Waals surface area contributed by atoms with Gasteiger partial charge in [-0.25, -0.2) is 0 Å². The lowest BCUT2D eigenvalue weighted by atomic mass is 9.91. The maximum absolute atomic E-state index is 9.51. The Balaban J connectivity index is 3.61. The molecule has 0 bridgehead atoms. The van der Waals surface area contributed by atoms with Crippen LogP contribution in [0, 0.1) is 0 Å². The highest BCUT2D eigenvalue weighted by molar-refractivity contribution is 7.99. The van der Waals surface area contributed by atoms with Gasteiger partial charge in [0.05, 0.1) is 6.61 Å². The first kappa shape index (κ1) is 17.3. The van der Waals surface area contributed by atoms with Gasteiger partial charge in [-0.15, -0.1) is 0 Å². The Bertz CT molecular complexity index is 160. The Morgan fingerprint density at radius 3 is 2.29 bits per heavy atom. The minimum absolute atomic E-state index is 0.0290. The van der Waals surface area contributed by atoms with Crippen LogP contribution in [0.25, 0.3) is 0 Å². The lowest BCUT2D eigenvalue weighted by molar-refractivity contribution is 0.148. The Labute approximate surface area is 112 Å². The van der Waals surface area contributed by atoms with Crippen molar-refractivity contribution in [1.82, 2.24) is 5.32 Å². The second kappa shape index (κ2) is 11.4. The molecule has 0 heterocycles. The number of thioether (sulfide) groups is 1. The maximum atomic E-state index is 9.51. The van der Waals surface area contributed by atoms with Crippen molar-refractivity contribution in [3.05, 3.63) is 0 Å². The zero-order valence-electron chi connectivity index (χ0n) is 11.9. The smallest absolute Gasteiger partial charge is 0.0613 e. The minimum atomic E-state index is -0.0290. The summed E-state index contributed by atoms with van der Waals surface area (Å²) in [6.07, 6.45) is 7.34. The molecule has 0 aliphatic heterocycles. The summed E-state index contributed by atoms with van der Waals surface area (Å²) in [5.74, 6) is 2.53. The van der Waals surface area contributed by atoms with Crippen LogP contribution in [0.4, 0.5) is 0 Å². The minimum Gasteiger partial charge on any atom is -0.394 e. The molecule has 0 saturated heterocycles. The van der Waals surface area contributed by atoms with Crippen LogP contribution < -0.4 is 5.32 Å². The van der Waals surface area contributed by atoms with Gasteiger partial charge in [-0.1, -0.05) is 33.6 Å². The van der Waals surface area contributed by atoms with E-state index in [1.807, 2.05) is 0 Å². The number of hydrogen-bond acceptors (Lipinski definition) is 3. The molecule has 2 nitrogen and oxygen atoms in total. The van der Waals surface area contributed by atoms with E-state index in [4.69, 9.17) is 0 Å². The summed E-state index contributed by atoms with van der Waals surface area (Å²) in [5.41, 5.74) is -0.0290. The Kier molecular flexibility index (Phi) is 11.5. The molecule has 2 N–H and O–H groups in total. The summed E-state index contributed by atoms with van der Waals surface area (Å²) >= 11 is 2.06. The summed E-state index contributed by atoms with van der Waals surface area (Å²) in [4.78, 5) is 0. The molecule has 0 fully saturated rings. The van der Waals surface area contributed by atoms with Gasteiger partial charge in [0.2, 0.25) is 0 Å². The van der Waals surface area contributed by atoms with Gasteiger partial charge in [-0.2, -0.15) is 11.8 Å². The molecule has 17 heavy (non-hydrogen) atoms. The fraction of sp³-hybridized carbons (Fsp3) is 1.00. The number of nitrogens with one attached hydrogen (secondary N) is 1. The second-order valence-corrected chi connectivity index (χ2v) is 5.97. The monoisotopic (exact) mass is 261 g/mol. The topological polar surface area (TPSA) is 32.3 Å². The molecule has 0 aliphatic carbocycles. The van der Waals surface area contributed by atoms with Crippen LogP contribution in [0.5, 0.6) is 0 Å². The maximum Gasteiger partial charge on any atom is 0.0613 e. The van der Waals surface area contributed by atoms with Crippen molar-refractivity contribution in [3.8, 4) is 0 Å². The summed E-state index contributed by atoms with van der Waals surface area (Å²) < 4.78 is 0. The zero-order valence-corrected chi connectivity index (χ0v) is 12.7. The number of likely N-dealkylation sites (N-methyl/N-ethyl adjacent to an activating group) is 1. The van der Waals surface area contributed by atoms with Crippen molar-refractivity contribution < 1.29 is 5.11 Å². The molecule has 1 unspecified atom stereocenters. The highest BCUT2D eigenvalue weighted by Gasteiger charge is 2.24. The Morgan fingerprint density at radius 1 is 1.06 bits per heavy atom. The molecule has 104 valence electrons. The van der Waals surface area contributed by atoms with E-state index in [0.717, 1.165) is 19.4 Å². The van der Waals surface area contributed by atoms with E-state index in [1.54, 1.807) is 0 Å². The first-order valence-electron chi connectivity index (χ1n) is 7.18. The van der Waals surface area contributed by atoms with Gasteiger partial charge in [-0.05, 0) is 43.7 Å². The predicted octanol–water partition coefficient (Wildman–Crippen LogP) is 3.44. The van der Waals surface area contributed by atoms with Crippen molar-refractivity contribution in [2.45, 2.75) is 64.8 Å². The van der Waals surface area contributed by atoms with E-state index in [1.165, 1.54) is 37.2 Å². The van der Waals surface area contributed by atoms with Crippen LogP contribution in [0.2, 0.25) is 0 Å². The molecule has 0 aromatic carbocycles. The average molecular weight is 261 g/mol. The Morgan fingerprint density at radius 2 is 1.76 bits per heavy atom. The van der Waals surface area contributed by atoms with Crippen molar-refractivity contribution in [3.63, 3.8) is 0 Å². The molecular formula is C14H31NOS.